The summed E-state index contributed by atoms with van der Waals surface area (Å²) in [6, 6.07) is 10.6. The predicted octanol–water partition coefficient (Wildman–Crippen LogP) is 3.90. The zero-order valence-electron chi connectivity index (χ0n) is 8.62. The van der Waals surface area contributed by atoms with Gasteiger partial charge >= 0.3 is 0 Å². The first kappa shape index (κ1) is 10.6. The summed E-state index contributed by atoms with van der Waals surface area (Å²) in [5, 5.41) is 0. The van der Waals surface area contributed by atoms with Gasteiger partial charge in [-0.2, -0.15) is 0 Å². The third-order valence-electron chi connectivity index (χ3n) is 2.41. The molecule has 0 bridgehead atoms. The number of hydrogen-bond donors (Lipinski definition) is 1. The van der Waals surface area contributed by atoms with Crippen LogP contribution in [0.2, 0.25) is 0 Å². The lowest BCUT2D eigenvalue weighted by Gasteiger charge is -1.99. The van der Waals surface area contributed by atoms with E-state index in [0.29, 0.717) is 0 Å². The molecule has 0 saturated carbocycles. The monoisotopic (exact) mass is 235 g/mol. The Labute approximate surface area is 98.8 Å². The molecule has 3 heteroatoms. The van der Waals surface area contributed by atoms with Crippen molar-refractivity contribution in [2.45, 2.75) is 19.8 Å². The molecule has 0 spiro atoms. The standard InChI is InChI=1S/C12H13NS2/c1-9-11(15-12(14)13-9)8-7-10-5-3-2-4-6-10/h2-6H,7-8H2,1H3,(H,13,14). The lowest BCUT2D eigenvalue weighted by molar-refractivity contribution is 0.962. The van der Waals surface area contributed by atoms with Crippen LogP contribution in [0, 0.1) is 10.9 Å². The predicted molar refractivity (Wildman–Crippen MR) is 68.1 cm³/mol. The topological polar surface area (TPSA) is 15.8 Å². The highest BCUT2D eigenvalue weighted by molar-refractivity contribution is 7.73. The molecule has 0 fully saturated rings. The van der Waals surface area contributed by atoms with Gasteiger partial charge in [0.05, 0.1) is 0 Å². The summed E-state index contributed by atoms with van der Waals surface area (Å²) in [7, 11) is 0. The quantitative estimate of drug-likeness (QED) is 0.798. The fraction of sp³-hybridized carbons (Fsp3) is 0.250. The van der Waals surface area contributed by atoms with Gasteiger partial charge in [-0.3, -0.25) is 0 Å². The molecule has 1 nitrogen and oxygen atoms in total. The Hall–Kier alpha value is -0.930. The first-order valence-corrected chi connectivity index (χ1v) is 6.20. The number of nitrogens with one attached hydrogen (secondary N) is 1. The minimum atomic E-state index is 0.885. The number of H-pyrrole nitrogens is 1. The van der Waals surface area contributed by atoms with Crippen molar-refractivity contribution in [2.75, 3.05) is 0 Å². The molecule has 0 unspecified atom stereocenters. The van der Waals surface area contributed by atoms with E-state index in [1.807, 2.05) is 0 Å². The molecule has 0 radical (unpaired) electrons. The lowest BCUT2D eigenvalue weighted by atomic mass is 10.1. The lowest BCUT2D eigenvalue weighted by Crippen LogP contribution is -1.90. The van der Waals surface area contributed by atoms with Gasteiger partial charge < -0.3 is 4.98 Å². The van der Waals surface area contributed by atoms with Gasteiger partial charge in [-0.1, -0.05) is 30.3 Å². The zero-order valence-corrected chi connectivity index (χ0v) is 10.3. The second-order valence-corrected chi connectivity index (χ2v) is 5.32. The number of rotatable bonds is 3. The Morgan fingerprint density at radius 3 is 2.53 bits per heavy atom. The molecule has 15 heavy (non-hydrogen) atoms. The third kappa shape index (κ3) is 2.76. The van der Waals surface area contributed by atoms with Crippen molar-refractivity contribution >= 4 is 23.6 Å². The van der Waals surface area contributed by atoms with Crippen molar-refractivity contribution in [3.63, 3.8) is 0 Å². The van der Waals surface area contributed by atoms with E-state index in [0.717, 1.165) is 16.8 Å². The molecular formula is C12H13NS2. The summed E-state index contributed by atoms with van der Waals surface area (Å²) in [4.78, 5) is 4.56. The SMILES string of the molecule is Cc1[nH]c(=S)sc1CCc1ccccc1. The third-order valence-corrected chi connectivity index (χ3v) is 3.80. The van der Waals surface area contributed by atoms with Crippen molar-refractivity contribution in [3.05, 3.63) is 50.4 Å². The molecule has 0 amide bonds. The van der Waals surface area contributed by atoms with Gasteiger partial charge in [0.15, 0.2) is 3.95 Å². The van der Waals surface area contributed by atoms with E-state index in [-0.39, 0.29) is 0 Å². The fourth-order valence-corrected chi connectivity index (χ4v) is 2.87. The average Bonchev–Trinajstić information content (AvgIpc) is 2.56. The average molecular weight is 235 g/mol. The molecule has 78 valence electrons. The Morgan fingerprint density at radius 1 is 1.20 bits per heavy atom. The molecule has 1 aromatic carbocycles. The molecule has 0 aliphatic heterocycles. The molecule has 0 saturated heterocycles. The first-order chi connectivity index (χ1) is 7.25. The number of aryl methyl sites for hydroxylation is 3. The summed E-state index contributed by atoms with van der Waals surface area (Å²) >= 11 is 6.81. The minimum Gasteiger partial charge on any atom is -0.341 e. The van der Waals surface area contributed by atoms with Crippen LogP contribution in [0.5, 0.6) is 0 Å². The number of aromatic nitrogens is 1. The second kappa shape index (κ2) is 4.73. The van der Waals surface area contributed by atoms with Gasteiger partial charge in [0, 0.05) is 10.6 Å². The summed E-state index contributed by atoms with van der Waals surface area (Å²) < 4.78 is 0.885. The smallest absolute Gasteiger partial charge is 0.158 e. The van der Waals surface area contributed by atoms with E-state index in [2.05, 4.69) is 42.2 Å². The molecule has 0 atom stereocenters. The van der Waals surface area contributed by atoms with Crippen LogP contribution in [0.25, 0.3) is 0 Å². The van der Waals surface area contributed by atoms with E-state index in [1.165, 1.54) is 16.1 Å². The van der Waals surface area contributed by atoms with E-state index in [4.69, 9.17) is 12.2 Å². The summed E-state index contributed by atoms with van der Waals surface area (Å²) in [6.07, 6.45) is 2.17. The largest absolute Gasteiger partial charge is 0.341 e. The van der Waals surface area contributed by atoms with Gasteiger partial charge in [-0.05, 0) is 37.5 Å². The van der Waals surface area contributed by atoms with Crippen LogP contribution < -0.4 is 0 Å². The van der Waals surface area contributed by atoms with Gasteiger partial charge in [0.25, 0.3) is 0 Å². The van der Waals surface area contributed by atoms with Crippen LogP contribution in [0.15, 0.2) is 30.3 Å². The van der Waals surface area contributed by atoms with E-state index in [1.54, 1.807) is 11.3 Å². The van der Waals surface area contributed by atoms with Gasteiger partial charge in [-0.25, -0.2) is 0 Å². The summed E-state index contributed by atoms with van der Waals surface area (Å²) in [5.74, 6) is 0. The molecule has 0 aliphatic carbocycles. The van der Waals surface area contributed by atoms with Crippen LogP contribution in [0.4, 0.5) is 0 Å². The van der Waals surface area contributed by atoms with Crippen LogP contribution in [0.1, 0.15) is 16.1 Å². The highest BCUT2D eigenvalue weighted by Crippen LogP contribution is 2.17. The maximum atomic E-state index is 5.11. The molecule has 1 aromatic heterocycles. The zero-order chi connectivity index (χ0) is 10.7. The number of thiazole rings is 1. The molecular weight excluding hydrogens is 222 g/mol. The number of aromatic amines is 1. The molecule has 2 rings (SSSR count). The highest BCUT2D eigenvalue weighted by Gasteiger charge is 2.02. The molecule has 2 aromatic rings. The molecule has 1 N–H and O–H groups in total. The maximum Gasteiger partial charge on any atom is 0.158 e. The van der Waals surface area contributed by atoms with Crippen molar-refractivity contribution in [2.24, 2.45) is 0 Å². The van der Waals surface area contributed by atoms with Crippen LogP contribution >= 0.6 is 23.6 Å². The van der Waals surface area contributed by atoms with Crippen LogP contribution in [-0.2, 0) is 12.8 Å². The van der Waals surface area contributed by atoms with Crippen LogP contribution in [-0.4, -0.2) is 4.98 Å². The van der Waals surface area contributed by atoms with Crippen LogP contribution in [0.3, 0.4) is 0 Å². The minimum absolute atomic E-state index is 0.885. The normalized spacial score (nSPS) is 10.5. The summed E-state index contributed by atoms with van der Waals surface area (Å²) in [5.41, 5.74) is 2.61. The molecule has 0 aliphatic rings. The van der Waals surface area contributed by atoms with Crippen molar-refractivity contribution in [1.29, 1.82) is 0 Å². The number of benzene rings is 1. The Morgan fingerprint density at radius 2 is 1.93 bits per heavy atom. The van der Waals surface area contributed by atoms with E-state index < -0.39 is 0 Å². The highest BCUT2D eigenvalue weighted by atomic mass is 32.1. The fourth-order valence-electron chi connectivity index (χ4n) is 1.58. The first-order valence-electron chi connectivity index (χ1n) is 4.98. The Bertz CT molecular complexity index is 482. The van der Waals surface area contributed by atoms with Crippen molar-refractivity contribution in [1.82, 2.24) is 4.98 Å². The number of hydrogen-bond acceptors (Lipinski definition) is 2. The van der Waals surface area contributed by atoms with Gasteiger partial charge in [-0.15, -0.1) is 11.3 Å². The van der Waals surface area contributed by atoms with Crippen molar-refractivity contribution in [3.8, 4) is 0 Å². The Kier molecular flexibility index (Phi) is 3.34. The Balaban J connectivity index is 2.05. The van der Waals surface area contributed by atoms with Gasteiger partial charge in [0.2, 0.25) is 0 Å². The van der Waals surface area contributed by atoms with Gasteiger partial charge in [0.1, 0.15) is 0 Å². The maximum absolute atomic E-state index is 5.11. The molecule has 1 heterocycles. The van der Waals surface area contributed by atoms with E-state index in [9.17, 15) is 0 Å². The van der Waals surface area contributed by atoms with E-state index >= 15 is 0 Å². The second-order valence-electron chi connectivity index (χ2n) is 3.55. The van der Waals surface area contributed by atoms with Crippen molar-refractivity contribution < 1.29 is 0 Å². The summed E-state index contributed by atoms with van der Waals surface area (Å²) in [6.45, 7) is 2.09.